The zero-order valence-electron chi connectivity index (χ0n) is 5.32. The Bertz CT molecular complexity index is 64.6. The first kappa shape index (κ1) is 7.09. The van der Waals surface area contributed by atoms with Crippen molar-refractivity contribution in [2.24, 2.45) is 0 Å². The average Bonchev–Trinajstić information content (AvgIpc) is 1.27. The van der Waals surface area contributed by atoms with Crippen LogP contribution in [0.2, 0.25) is 0 Å². The molecule has 0 saturated heterocycles. The molecule has 0 rings (SSSR count). The highest BCUT2D eigenvalue weighted by Crippen LogP contribution is 1.92. The molecule has 0 spiro atoms. The van der Waals surface area contributed by atoms with Gasteiger partial charge in [-0.2, -0.15) is 0 Å². The molecule has 0 aromatic heterocycles. The van der Waals surface area contributed by atoms with E-state index in [4.69, 9.17) is 0 Å². The van der Waals surface area contributed by atoms with Crippen molar-refractivity contribution in [1.82, 2.24) is 0 Å². The van der Waals surface area contributed by atoms with Crippen LogP contribution < -0.4 is 0 Å². The molecule has 1 heteroatoms. The van der Waals surface area contributed by atoms with Gasteiger partial charge in [-0.25, -0.2) is 0 Å². The summed E-state index contributed by atoms with van der Waals surface area (Å²) < 4.78 is 0. The lowest BCUT2D eigenvalue weighted by atomic mass is 10.4. The summed E-state index contributed by atoms with van der Waals surface area (Å²) in [6.45, 7) is 5.88. The second-order valence-corrected chi connectivity index (χ2v) is 4.35. The van der Waals surface area contributed by atoms with Gasteiger partial charge in [0, 0.05) is 0 Å². The molecule has 0 amide bonds. The quantitative estimate of drug-likeness (QED) is 0.379. The van der Waals surface area contributed by atoms with Crippen LogP contribution in [0.5, 0.6) is 0 Å². The fraction of sp³-hybridized carbons (Fsp3) is 0.667. The van der Waals surface area contributed by atoms with Crippen molar-refractivity contribution in [2.75, 3.05) is 18.3 Å². The summed E-state index contributed by atoms with van der Waals surface area (Å²) in [7, 11) is 0.555. The molecular weight excluding hydrogens is 104 g/mol. The number of rotatable bonds is 2. The summed E-state index contributed by atoms with van der Waals surface area (Å²) >= 11 is 0. The first-order valence-corrected chi connectivity index (χ1v) is 4.52. The SMILES string of the molecule is C=C(C)C[S+](C)C. The molecular formula is C6H13S+. The van der Waals surface area contributed by atoms with Crippen molar-refractivity contribution in [2.45, 2.75) is 6.92 Å². The molecule has 0 unspecified atom stereocenters. The standard InChI is InChI=1S/C6H13S/c1-6(2)5-7(3)4/h1,5H2,2-4H3/q+1. The highest BCUT2D eigenvalue weighted by molar-refractivity contribution is 7.95. The smallest absolute Gasteiger partial charge is 0.0955 e. The third kappa shape index (κ3) is 6.09. The molecule has 0 aliphatic rings. The van der Waals surface area contributed by atoms with E-state index in [1.165, 1.54) is 11.3 Å². The van der Waals surface area contributed by atoms with Crippen LogP contribution in [0, 0.1) is 0 Å². The minimum atomic E-state index is 0.555. The van der Waals surface area contributed by atoms with Crippen molar-refractivity contribution in [1.29, 1.82) is 0 Å². The van der Waals surface area contributed by atoms with Gasteiger partial charge in [-0.3, -0.25) is 0 Å². The summed E-state index contributed by atoms with van der Waals surface area (Å²) in [4.78, 5) is 0. The third-order valence-corrected chi connectivity index (χ3v) is 1.61. The number of hydrogen-bond donors (Lipinski definition) is 0. The maximum Gasteiger partial charge on any atom is 0.128 e. The van der Waals surface area contributed by atoms with Crippen molar-refractivity contribution in [3.05, 3.63) is 12.2 Å². The van der Waals surface area contributed by atoms with Crippen molar-refractivity contribution in [3.8, 4) is 0 Å². The van der Waals surface area contributed by atoms with Gasteiger partial charge in [0.2, 0.25) is 0 Å². The maximum absolute atomic E-state index is 3.80. The Morgan fingerprint density at radius 3 is 2.00 bits per heavy atom. The number of hydrogen-bond acceptors (Lipinski definition) is 0. The van der Waals surface area contributed by atoms with E-state index in [1.54, 1.807) is 0 Å². The van der Waals surface area contributed by atoms with Gasteiger partial charge in [0.25, 0.3) is 0 Å². The highest BCUT2D eigenvalue weighted by atomic mass is 32.2. The van der Waals surface area contributed by atoms with Gasteiger partial charge >= 0.3 is 0 Å². The van der Waals surface area contributed by atoms with Gasteiger partial charge in [0.1, 0.15) is 5.75 Å². The summed E-state index contributed by atoms with van der Waals surface area (Å²) in [6, 6.07) is 0. The van der Waals surface area contributed by atoms with Crippen molar-refractivity contribution >= 4 is 10.9 Å². The minimum absolute atomic E-state index is 0.555. The van der Waals surface area contributed by atoms with Crippen molar-refractivity contribution < 1.29 is 0 Å². The van der Waals surface area contributed by atoms with E-state index in [0.29, 0.717) is 10.9 Å². The molecule has 0 atom stereocenters. The van der Waals surface area contributed by atoms with E-state index < -0.39 is 0 Å². The Morgan fingerprint density at radius 1 is 1.57 bits per heavy atom. The molecule has 0 radical (unpaired) electrons. The normalized spacial score (nSPS) is 9.71. The van der Waals surface area contributed by atoms with Crippen LogP contribution in [0.15, 0.2) is 12.2 Å². The van der Waals surface area contributed by atoms with Crippen LogP contribution in [-0.2, 0) is 10.9 Å². The first-order chi connectivity index (χ1) is 3.13. The van der Waals surface area contributed by atoms with E-state index in [1.807, 2.05) is 0 Å². The lowest BCUT2D eigenvalue weighted by Crippen LogP contribution is -2.00. The monoisotopic (exact) mass is 117 g/mol. The molecule has 0 aromatic carbocycles. The van der Waals surface area contributed by atoms with E-state index in [9.17, 15) is 0 Å². The van der Waals surface area contributed by atoms with Crippen LogP contribution in [0.4, 0.5) is 0 Å². The maximum atomic E-state index is 3.80. The van der Waals surface area contributed by atoms with Gasteiger partial charge < -0.3 is 0 Å². The van der Waals surface area contributed by atoms with Crippen LogP contribution in [0.3, 0.4) is 0 Å². The Labute approximate surface area is 49.0 Å². The van der Waals surface area contributed by atoms with Gasteiger partial charge in [-0.15, -0.1) is 0 Å². The Balaban J connectivity index is 3.13. The molecule has 0 nitrogen and oxygen atoms in total. The molecule has 0 N–H and O–H groups in total. The first-order valence-electron chi connectivity index (χ1n) is 2.31. The van der Waals surface area contributed by atoms with Gasteiger partial charge in [0.05, 0.1) is 12.5 Å². The fourth-order valence-corrected chi connectivity index (χ4v) is 1.48. The zero-order valence-corrected chi connectivity index (χ0v) is 6.14. The fourth-order valence-electron chi connectivity index (χ4n) is 0.493. The van der Waals surface area contributed by atoms with Gasteiger partial charge in [0.15, 0.2) is 0 Å². The molecule has 0 heterocycles. The molecule has 0 fully saturated rings. The molecule has 0 aromatic rings. The second-order valence-electron chi connectivity index (χ2n) is 2.09. The largest absolute Gasteiger partial charge is 0.128 e. The molecule has 42 valence electrons. The highest BCUT2D eigenvalue weighted by Gasteiger charge is 1.98. The third-order valence-electron chi connectivity index (χ3n) is 0.535. The van der Waals surface area contributed by atoms with Crippen LogP contribution >= 0.6 is 0 Å². The summed E-state index contributed by atoms with van der Waals surface area (Å²) in [5.41, 5.74) is 1.30. The van der Waals surface area contributed by atoms with Crippen LogP contribution in [0.1, 0.15) is 6.92 Å². The average molecular weight is 117 g/mol. The molecule has 0 aliphatic carbocycles. The minimum Gasteiger partial charge on any atom is -0.0955 e. The van der Waals surface area contributed by atoms with E-state index in [-0.39, 0.29) is 0 Å². The lowest BCUT2D eigenvalue weighted by molar-refractivity contribution is 1.43. The Hall–Kier alpha value is 0.0900. The summed E-state index contributed by atoms with van der Waals surface area (Å²) in [5.74, 6) is 1.19. The lowest BCUT2D eigenvalue weighted by Gasteiger charge is -1.91. The molecule has 0 bridgehead atoms. The van der Waals surface area contributed by atoms with Gasteiger partial charge in [-0.05, 0) is 23.4 Å². The Kier molecular flexibility index (Phi) is 3.18. The second kappa shape index (κ2) is 3.14. The molecule has 0 saturated carbocycles. The van der Waals surface area contributed by atoms with Gasteiger partial charge in [-0.1, -0.05) is 6.58 Å². The van der Waals surface area contributed by atoms with E-state index >= 15 is 0 Å². The van der Waals surface area contributed by atoms with E-state index in [0.717, 1.165) is 0 Å². The summed E-state index contributed by atoms with van der Waals surface area (Å²) in [5, 5.41) is 0. The zero-order chi connectivity index (χ0) is 5.86. The topological polar surface area (TPSA) is 0 Å². The van der Waals surface area contributed by atoms with Crippen molar-refractivity contribution in [3.63, 3.8) is 0 Å². The molecule has 7 heavy (non-hydrogen) atoms. The predicted molar refractivity (Wildman–Crippen MR) is 38.9 cm³/mol. The van der Waals surface area contributed by atoms with Crippen LogP contribution in [-0.4, -0.2) is 18.3 Å². The van der Waals surface area contributed by atoms with Crippen LogP contribution in [0.25, 0.3) is 0 Å². The van der Waals surface area contributed by atoms with E-state index in [2.05, 4.69) is 26.0 Å². The summed E-state index contributed by atoms with van der Waals surface area (Å²) in [6.07, 6.45) is 4.46. The Morgan fingerprint density at radius 2 is 2.00 bits per heavy atom. The molecule has 0 aliphatic heterocycles. The predicted octanol–water partition coefficient (Wildman–Crippen LogP) is 1.44.